The van der Waals surface area contributed by atoms with Gasteiger partial charge >= 0.3 is 12.1 Å². The largest absolute Gasteiger partial charge is 0.465 e. The number of aromatic nitrogens is 1. The summed E-state index contributed by atoms with van der Waals surface area (Å²) in [5.74, 6) is -1.72. The van der Waals surface area contributed by atoms with Crippen molar-refractivity contribution in [1.82, 2.24) is 10.3 Å². The number of ketones is 1. The molecule has 2 N–H and O–H groups in total. The van der Waals surface area contributed by atoms with Crippen molar-refractivity contribution in [1.29, 1.82) is 0 Å². The van der Waals surface area contributed by atoms with E-state index in [4.69, 9.17) is 4.74 Å². The zero-order chi connectivity index (χ0) is 23.5. The highest BCUT2D eigenvalue weighted by atomic mass is 19.4. The molecule has 0 aliphatic carbocycles. The Morgan fingerprint density at radius 1 is 1.19 bits per heavy atom. The lowest BCUT2D eigenvalue weighted by Crippen LogP contribution is -2.33. The number of benzene rings is 1. The number of amides is 1. The summed E-state index contributed by atoms with van der Waals surface area (Å²) in [7, 11) is 1.19. The summed E-state index contributed by atoms with van der Waals surface area (Å²) in [6.45, 7) is 6.45. The van der Waals surface area contributed by atoms with Crippen molar-refractivity contribution in [2.24, 2.45) is 5.92 Å². The zero-order valence-electron chi connectivity index (χ0n) is 17.9. The lowest BCUT2D eigenvalue weighted by molar-refractivity contribution is -0.137. The van der Waals surface area contributed by atoms with Crippen LogP contribution in [0.15, 0.2) is 24.3 Å². The number of alkyl halides is 3. The van der Waals surface area contributed by atoms with Crippen LogP contribution in [0.5, 0.6) is 0 Å². The SMILES string of the molecule is COC(=O)c1c(CC(=O)NC(c2cccc(C(F)(F)F)c2)C(C)C)[nH]c(C(C)=O)c1C. The molecule has 0 bridgehead atoms. The van der Waals surface area contributed by atoms with Gasteiger partial charge in [-0.2, -0.15) is 13.2 Å². The van der Waals surface area contributed by atoms with E-state index in [-0.39, 0.29) is 35.1 Å². The highest BCUT2D eigenvalue weighted by molar-refractivity contribution is 6.01. The van der Waals surface area contributed by atoms with Crippen LogP contribution in [-0.4, -0.2) is 29.8 Å². The highest BCUT2D eigenvalue weighted by Gasteiger charge is 2.32. The number of Topliss-reactive ketones (excluding diaryl/α,β-unsaturated/α-hetero) is 1. The van der Waals surface area contributed by atoms with Crippen LogP contribution < -0.4 is 5.32 Å². The Kier molecular flexibility index (Phi) is 7.30. The summed E-state index contributed by atoms with van der Waals surface area (Å²) >= 11 is 0. The number of carbonyl (C=O) groups is 3. The van der Waals surface area contributed by atoms with E-state index in [1.54, 1.807) is 20.8 Å². The maximum Gasteiger partial charge on any atom is 0.416 e. The molecule has 2 aromatic rings. The average Bonchev–Trinajstić information content (AvgIpc) is 3.00. The molecular formula is C22H25F3N2O4. The average molecular weight is 438 g/mol. The predicted molar refractivity (Wildman–Crippen MR) is 108 cm³/mol. The van der Waals surface area contributed by atoms with Gasteiger partial charge in [0.05, 0.1) is 36.4 Å². The normalized spacial score (nSPS) is 12.5. The smallest absolute Gasteiger partial charge is 0.416 e. The van der Waals surface area contributed by atoms with Crippen LogP contribution in [0.3, 0.4) is 0 Å². The summed E-state index contributed by atoms with van der Waals surface area (Å²) in [5.41, 5.74) is 0.394. The number of hydrogen-bond acceptors (Lipinski definition) is 4. The minimum absolute atomic E-state index is 0.100. The number of hydrogen-bond donors (Lipinski definition) is 2. The Bertz CT molecular complexity index is 993. The fraction of sp³-hybridized carbons (Fsp3) is 0.409. The standard InChI is InChI=1S/C22H25F3N2O4/c1-11(2)19(14-7-6-8-15(9-14)22(23,24)25)27-17(29)10-16-18(21(30)31-5)12(3)20(26-16)13(4)28/h6-9,11,19,26H,10H2,1-5H3,(H,27,29). The van der Waals surface area contributed by atoms with Crippen molar-refractivity contribution >= 4 is 17.7 Å². The third-order valence-electron chi connectivity index (χ3n) is 4.96. The molecule has 0 fully saturated rings. The third kappa shape index (κ3) is 5.53. The van der Waals surface area contributed by atoms with Gasteiger partial charge in [-0.05, 0) is 36.1 Å². The molecule has 1 atom stereocenters. The summed E-state index contributed by atoms with van der Waals surface area (Å²) < 4.78 is 44.0. The summed E-state index contributed by atoms with van der Waals surface area (Å²) in [5, 5.41) is 2.74. The van der Waals surface area contributed by atoms with Gasteiger partial charge in [-0.3, -0.25) is 9.59 Å². The minimum atomic E-state index is -4.50. The Morgan fingerprint density at radius 2 is 1.84 bits per heavy atom. The lowest BCUT2D eigenvalue weighted by Gasteiger charge is -2.24. The number of nitrogens with one attached hydrogen (secondary N) is 2. The first kappa shape index (κ1) is 24.2. The van der Waals surface area contributed by atoms with Gasteiger partial charge in [-0.1, -0.05) is 26.0 Å². The topological polar surface area (TPSA) is 88.3 Å². The van der Waals surface area contributed by atoms with Crippen LogP contribution in [0.25, 0.3) is 0 Å². The second kappa shape index (κ2) is 9.36. The number of ether oxygens (including phenoxy) is 1. The predicted octanol–water partition coefficient (Wildman–Crippen LogP) is 4.39. The number of halogens is 3. The first-order chi connectivity index (χ1) is 14.4. The molecule has 0 aliphatic rings. The lowest BCUT2D eigenvalue weighted by atomic mass is 9.94. The second-order valence-electron chi connectivity index (χ2n) is 7.62. The minimum Gasteiger partial charge on any atom is -0.465 e. The van der Waals surface area contributed by atoms with Crippen molar-refractivity contribution in [3.63, 3.8) is 0 Å². The molecule has 31 heavy (non-hydrogen) atoms. The van der Waals surface area contributed by atoms with Crippen molar-refractivity contribution in [3.8, 4) is 0 Å². The van der Waals surface area contributed by atoms with Crippen molar-refractivity contribution in [3.05, 3.63) is 57.9 Å². The highest BCUT2D eigenvalue weighted by Crippen LogP contribution is 2.32. The van der Waals surface area contributed by atoms with E-state index < -0.39 is 29.7 Å². The Labute approximate surface area is 178 Å². The van der Waals surface area contributed by atoms with Gasteiger partial charge in [0.25, 0.3) is 0 Å². The molecule has 0 spiro atoms. The number of H-pyrrole nitrogens is 1. The molecule has 0 radical (unpaired) electrons. The summed E-state index contributed by atoms with van der Waals surface area (Å²) in [6, 6.07) is 4.11. The van der Waals surface area contributed by atoms with Crippen molar-refractivity contribution < 1.29 is 32.3 Å². The first-order valence-electron chi connectivity index (χ1n) is 9.64. The number of rotatable bonds is 7. The van der Waals surface area contributed by atoms with E-state index in [1.165, 1.54) is 26.2 Å². The summed E-state index contributed by atoms with van der Waals surface area (Å²) in [4.78, 5) is 39.5. The Morgan fingerprint density at radius 3 is 2.35 bits per heavy atom. The van der Waals surface area contributed by atoms with Gasteiger partial charge in [0.15, 0.2) is 5.78 Å². The zero-order valence-corrected chi connectivity index (χ0v) is 17.9. The number of aromatic amines is 1. The van der Waals surface area contributed by atoms with Crippen molar-refractivity contribution in [2.75, 3.05) is 7.11 Å². The number of methoxy groups -OCH3 is 1. The van der Waals surface area contributed by atoms with Gasteiger partial charge in [-0.15, -0.1) is 0 Å². The fourth-order valence-corrected chi connectivity index (χ4v) is 3.45. The molecule has 168 valence electrons. The van der Waals surface area contributed by atoms with E-state index in [2.05, 4.69) is 10.3 Å². The van der Waals surface area contributed by atoms with Gasteiger partial charge in [-0.25, -0.2) is 4.79 Å². The molecule has 1 amide bonds. The molecular weight excluding hydrogens is 413 g/mol. The monoisotopic (exact) mass is 438 g/mol. The third-order valence-corrected chi connectivity index (χ3v) is 4.96. The van der Waals surface area contributed by atoms with Gasteiger partial charge in [0.2, 0.25) is 5.91 Å². The van der Waals surface area contributed by atoms with Crippen LogP contribution >= 0.6 is 0 Å². The molecule has 6 nitrogen and oxygen atoms in total. The maximum absolute atomic E-state index is 13.1. The fourth-order valence-electron chi connectivity index (χ4n) is 3.45. The number of esters is 1. The maximum atomic E-state index is 13.1. The first-order valence-corrected chi connectivity index (χ1v) is 9.64. The van der Waals surface area contributed by atoms with E-state index >= 15 is 0 Å². The number of carbonyl (C=O) groups excluding carboxylic acids is 3. The summed E-state index contributed by atoms with van der Waals surface area (Å²) in [6.07, 6.45) is -4.78. The molecule has 0 saturated carbocycles. The second-order valence-corrected chi connectivity index (χ2v) is 7.62. The molecule has 0 saturated heterocycles. The van der Waals surface area contributed by atoms with Crippen LogP contribution in [0.2, 0.25) is 0 Å². The molecule has 1 aromatic heterocycles. The van der Waals surface area contributed by atoms with Crippen LogP contribution in [0.1, 0.15) is 70.0 Å². The molecule has 1 aromatic carbocycles. The van der Waals surface area contributed by atoms with Gasteiger partial charge in [0.1, 0.15) is 0 Å². The Hall–Kier alpha value is -3.10. The molecule has 0 aliphatic heterocycles. The van der Waals surface area contributed by atoms with Crippen LogP contribution in [-0.2, 0) is 22.1 Å². The molecule has 1 unspecified atom stereocenters. The molecule has 2 rings (SSSR count). The molecule has 1 heterocycles. The van der Waals surface area contributed by atoms with Crippen LogP contribution in [0.4, 0.5) is 13.2 Å². The quantitative estimate of drug-likeness (QED) is 0.496. The van der Waals surface area contributed by atoms with E-state index in [1.807, 2.05) is 0 Å². The van der Waals surface area contributed by atoms with E-state index in [0.29, 0.717) is 11.1 Å². The van der Waals surface area contributed by atoms with Crippen LogP contribution in [0, 0.1) is 12.8 Å². The van der Waals surface area contributed by atoms with E-state index in [9.17, 15) is 27.6 Å². The van der Waals surface area contributed by atoms with Crippen molar-refractivity contribution in [2.45, 2.75) is 46.3 Å². The molecule has 9 heteroatoms. The van der Waals surface area contributed by atoms with Gasteiger partial charge < -0.3 is 15.0 Å². The Balaban J connectivity index is 2.33. The van der Waals surface area contributed by atoms with Gasteiger partial charge in [0, 0.05) is 12.6 Å². The van der Waals surface area contributed by atoms with E-state index in [0.717, 1.165) is 12.1 Å².